The highest BCUT2D eigenvalue weighted by molar-refractivity contribution is 5.82. The second kappa shape index (κ2) is 4.29. The van der Waals surface area contributed by atoms with Crippen LogP contribution in [-0.4, -0.2) is 18.0 Å². The molecule has 1 aliphatic rings. The summed E-state index contributed by atoms with van der Waals surface area (Å²) >= 11 is 0. The van der Waals surface area contributed by atoms with E-state index in [-0.39, 0.29) is 5.91 Å². The van der Waals surface area contributed by atoms with Crippen LogP contribution in [0.25, 0.3) is 0 Å². The lowest BCUT2D eigenvalue weighted by molar-refractivity contribution is -0.122. The molecule has 0 aliphatic heterocycles. The molecule has 1 saturated carbocycles. The summed E-state index contributed by atoms with van der Waals surface area (Å²) in [7, 11) is 0. The number of carbonyl (C=O) groups is 1. The van der Waals surface area contributed by atoms with E-state index in [0.717, 1.165) is 12.8 Å². The second-order valence-corrected chi connectivity index (χ2v) is 3.53. The summed E-state index contributed by atoms with van der Waals surface area (Å²) < 4.78 is 0. The Morgan fingerprint density at radius 2 is 2.54 bits per heavy atom. The molecule has 3 heteroatoms. The number of hydrogen-bond acceptors (Lipinski definition) is 2. The number of nitrogens with two attached hydrogens (primary N) is 1. The van der Waals surface area contributed by atoms with Crippen molar-refractivity contribution in [3.8, 4) is 12.3 Å². The van der Waals surface area contributed by atoms with Gasteiger partial charge in [0.15, 0.2) is 0 Å². The molecule has 1 amide bonds. The van der Waals surface area contributed by atoms with Crippen LogP contribution in [0.2, 0.25) is 0 Å². The van der Waals surface area contributed by atoms with Gasteiger partial charge in [0, 0.05) is 12.5 Å². The Kier molecular flexibility index (Phi) is 3.32. The fourth-order valence-electron chi connectivity index (χ4n) is 1.38. The van der Waals surface area contributed by atoms with E-state index < -0.39 is 6.04 Å². The first-order valence-corrected chi connectivity index (χ1v) is 4.68. The van der Waals surface area contributed by atoms with Crippen molar-refractivity contribution >= 4 is 5.91 Å². The summed E-state index contributed by atoms with van der Waals surface area (Å²) in [6.07, 6.45) is 7.58. The van der Waals surface area contributed by atoms with Crippen LogP contribution in [0.3, 0.4) is 0 Å². The third-order valence-electron chi connectivity index (χ3n) is 2.45. The first-order chi connectivity index (χ1) is 6.19. The Morgan fingerprint density at radius 1 is 1.85 bits per heavy atom. The third kappa shape index (κ3) is 2.74. The van der Waals surface area contributed by atoms with Crippen LogP contribution in [0.15, 0.2) is 0 Å². The monoisotopic (exact) mass is 180 g/mol. The number of amides is 1. The lowest BCUT2D eigenvalue weighted by Gasteiger charge is -2.08. The number of rotatable bonds is 4. The fraction of sp³-hybridized carbons (Fsp3) is 0.700. The van der Waals surface area contributed by atoms with Gasteiger partial charge in [-0.15, -0.1) is 12.3 Å². The first kappa shape index (κ1) is 10.1. The van der Waals surface area contributed by atoms with Crippen molar-refractivity contribution in [3.63, 3.8) is 0 Å². The van der Waals surface area contributed by atoms with Crippen molar-refractivity contribution in [3.05, 3.63) is 0 Å². The van der Waals surface area contributed by atoms with Gasteiger partial charge in [-0.3, -0.25) is 4.79 Å². The van der Waals surface area contributed by atoms with E-state index in [1.54, 1.807) is 0 Å². The van der Waals surface area contributed by atoms with Crippen molar-refractivity contribution in [2.24, 2.45) is 11.7 Å². The van der Waals surface area contributed by atoms with Gasteiger partial charge in [0.25, 0.3) is 0 Å². The Balaban J connectivity index is 2.23. The molecule has 0 saturated heterocycles. The van der Waals surface area contributed by atoms with Crippen molar-refractivity contribution in [1.82, 2.24) is 5.32 Å². The Hall–Kier alpha value is -1.01. The molecule has 3 unspecified atom stereocenters. The zero-order valence-corrected chi connectivity index (χ0v) is 7.92. The third-order valence-corrected chi connectivity index (χ3v) is 2.45. The van der Waals surface area contributed by atoms with Gasteiger partial charge in [-0.2, -0.15) is 0 Å². The van der Waals surface area contributed by atoms with Crippen molar-refractivity contribution < 1.29 is 4.79 Å². The maximum absolute atomic E-state index is 11.3. The molecule has 0 bridgehead atoms. The first-order valence-electron chi connectivity index (χ1n) is 4.68. The number of carbonyl (C=O) groups excluding carboxylic acids is 1. The largest absolute Gasteiger partial charge is 0.352 e. The quantitative estimate of drug-likeness (QED) is 0.609. The molecule has 0 aromatic carbocycles. The maximum atomic E-state index is 11.3. The van der Waals surface area contributed by atoms with Crippen LogP contribution in [0.1, 0.15) is 26.2 Å². The van der Waals surface area contributed by atoms with E-state index in [0.29, 0.717) is 18.4 Å². The SMILES string of the molecule is C#CCC(N)C(=O)NC1CC1CC. The molecule has 3 nitrogen and oxygen atoms in total. The van der Waals surface area contributed by atoms with Crippen LogP contribution in [0.4, 0.5) is 0 Å². The molecule has 0 aromatic heterocycles. The van der Waals surface area contributed by atoms with Gasteiger partial charge in [0.1, 0.15) is 0 Å². The highest BCUT2D eigenvalue weighted by atomic mass is 16.2. The van der Waals surface area contributed by atoms with E-state index in [2.05, 4.69) is 18.2 Å². The average molecular weight is 180 g/mol. The Labute approximate surface area is 79.1 Å². The van der Waals surface area contributed by atoms with E-state index in [9.17, 15) is 4.79 Å². The zero-order chi connectivity index (χ0) is 9.84. The van der Waals surface area contributed by atoms with E-state index in [4.69, 9.17) is 12.2 Å². The summed E-state index contributed by atoms with van der Waals surface area (Å²) in [4.78, 5) is 11.3. The number of nitrogens with one attached hydrogen (secondary N) is 1. The topological polar surface area (TPSA) is 55.1 Å². The van der Waals surface area contributed by atoms with Crippen LogP contribution >= 0.6 is 0 Å². The van der Waals surface area contributed by atoms with Gasteiger partial charge in [-0.1, -0.05) is 13.3 Å². The van der Waals surface area contributed by atoms with Crippen LogP contribution in [-0.2, 0) is 4.79 Å². The predicted octanol–water partition coefficient (Wildman–Crippen LogP) is 0.252. The molecule has 72 valence electrons. The van der Waals surface area contributed by atoms with Crippen molar-refractivity contribution in [2.45, 2.75) is 38.3 Å². The molecule has 1 rings (SSSR count). The standard InChI is InChI=1S/C10H16N2O/c1-3-5-8(11)10(13)12-9-6-7(9)4-2/h1,7-9H,4-6,11H2,2H3,(H,12,13). The van der Waals surface area contributed by atoms with Gasteiger partial charge in [-0.25, -0.2) is 0 Å². The molecular formula is C10H16N2O. The maximum Gasteiger partial charge on any atom is 0.238 e. The van der Waals surface area contributed by atoms with E-state index >= 15 is 0 Å². The molecule has 0 heterocycles. The number of hydrogen-bond donors (Lipinski definition) is 2. The van der Waals surface area contributed by atoms with Crippen molar-refractivity contribution in [1.29, 1.82) is 0 Å². The van der Waals surface area contributed by atoms with E-state index in [1.165, 1.54) is 0 Å². The summed E-state index contributed by atoms with van der Waals surface area (Å²) in [5.41, 5.74) is 5.54. The Bertz CT molecular complexity index is 232. The summed E-state index contributed by atoms with van der Waals surface area (Å²) in [5, 5.41) is 2.88. The molecule has 3 N–H and O–H groups in total. The molecule has 3 atom stereocenters. The fourth-order valence-corrected chi connectivity index (χ4v) is 1.38. The molecule has 1 fully saturated rings. The highest BCUT2D eigenvalue weighted by Crippen LogP contribution is 2.32. The molecule has 13 heavy (non-hydrogen) atoms. The summed E-state index contributed by atoms with van der Waals surface area (Å²) in [6, 6.07) is -0.190. The Morgan fingerprint density at radius 3 is 3.00 bits per heavy atom. The minimum atomic E-state index is -0.539. The summed E-state index contributed by atoms with van der Waals surface area (Å²) in [6.45, 7) is 2.12. The van der Waals surface area contributed by atoms with Gasteiger partial charge >= 0.3 is 0 Å². The smallest absolute Gasteiger partial charge is 0.238 e. The lowest BCUT2D eigenvalue weighted by Crippen LogP contribution is -2.41. The summed E-state index contributed by atoms with van der Waals surface area (Å²) in [5.74, 6) is 2.92. The minimum Gasteiger partial charge on any atom is -0.352 e. The van der Waals surface area contributed by atoms with E-state index in [1.807, 2.05) is 0 Å². The average Bonchev–Trinajstić information content (AvgIpc) is 2.83. The minimum absolute atomic E-state index is 0.112. The van der Waals surface area contributed by atoms with Gasteiger partial charge in [0.05, 0.1) is 6.04 Å². The van der Waals surface area contributed by atoms with Gasteiger partial charge in [-0.05, 0) is 12.3 Å². The lowest BCUT2D eigenvalue weighted by atomic mass is 10.2. The molecule has 1 aliphatic carbocycles. The normalized spacial score (nSPS) is 27.5. The van der Waals surface area contributed by atoms with Gasteiger partial charge in [0.2, 0.25) is 5.91 Å². The highest BCUT2D eigenvalue weighted by Gasteiger charge is 2.37. The van der Waals surface area contributed by atoms with Crippen LogP contribution in [0.5, 0.6) is 0 Å². The molecular weight excluding hydrogens is 164 g/mol. The van der Waals surface area contributed by atoms with Gasteiger partial charge < -0.3 is 11.1 Å². The molecule has 0 aromatic rings. The second-order valence-electron chi connectivity index (χ2n) is 3.53. The van der Waals surface area contributed by atoms with Crippen LogP contribution < -0.4 is 11.1 Å². The van der Waals surface area contributed by atoms with Crippen LogP contribution in [0, 0.1) is 18.3 Å². The van der Waals surface area contributed by atoms with Crippen molar-refractivity contribution in [2.75, 3.05) is 0 Å². The predicted molar refractivity (Wildman–Crippen MR) is 51.8 cm³/mol. The molecule has 0 radical (unpaired) electrons. The molecule has 0 spiro atoms. The number of terminal acetylenes is 1. The zero-order valence-electron chi connectivity index (χ0n) is 7.92.